The Morgan fingerprint density at radius 2 is 2.00 bits per heavy atom. The fourth-order valence-corrected chi connectivity index (χ4v) is 3.09. The number of benzene rings is 1. The number of piperazine rings is 1. The molecule has 0 saturated carbocycles. The Hall–Kier alpha value is -0.520. The number of hydrogen-bond donors (Lipinski definition) is 1. The van der Waals surface area contributed by atoms with E-state index in [0.29, 0.717) is 4.47 Å². The van der Waals surface area contributed by atoms with Crippen LogP contribution in [0.3, 0.4) is 0 Å². The first-order valence-electron chi connectivity index (χ1n) is 7.23. The van der Waals surface area contributed by atoms with Crippen LogP contribution in [0.15, 0.2) is 16.6 Å². The van der Waals surface area contributed by atoms with Crippen molar-refractivity contribution >= 4 is 15.9 Å². The van der Waals surface area contributed by atoms with Gasteiger partial charge in [-0.15, -0.1) is 0 Å². The largest absolute Gasteiger partial charge is 0.314 e. The molecule has 0 aliphatic carbocycles. The lowest BCUT2D eigenvalue weighted by atomic mass is 9.97. The molecule has 1 fully saturated rings. The van der Waals surface area contributed by atoms with Gasteiger partial charge in [0.2, 0.25) is 0 Å². The molecule has 1 aromatic rings. The molecule has 5 heteroatoms. The zero-order valence-electron chi connectivity index (χ0n) is 11.8. The summed E-state index contributed by atoms with van der Waals surface area (Å²) in [4.78, 5) is 2.19. The van der Waals surface area contributed by atoms with Crippen LogP contribution in [0.2, 0.25) is 0 Å². The summed E-state index contributed by atoms with van der Waals surface area (Å²) in [5.41, 5.74) is 0.217. The van der Waals surface area contributed by atoms with E-state index in [1.807, 2.05) is 0 Å². The first-order valence-corrected chi connectivity index (χ1v) is 8.02. The normalized spacial score (nSPS) is 18.2. The van der Waals surface area contributed by atoms with Gasteiger partial charge in [0, 0.05) is 37.8 Å². The van der Waals surface area contributed by atoms with E-state index < -0.39 is 11.6 Å². The second kappa shape index (κ2) is 7.48. The predicted molar refractivity (Wildman–Crippen MR) is 80.8 cm³/mol. The van der Waals surface area contributed by atoms with E-state index in [0.717, 1.165) is 45.4 Å². The standard InChI is InChI=1S/C15H21BrF2N2/c1-2-3-4-13(20-9-7-19-8-10-20)14-12(17)6-5-11(16)15(14)18/h5-6,13,19H,2-4,7-10H2,1H3/t13-/m0/s1. The lowest BCUT2D eigenvalue weighted by molar-refractivity contribution is 0.156. The quantitative estimate of drug-likeness (QED) is 0.814. The molecule has 0 radical (unpaired) electrons. The first kappa shape index (κ1) is 15.9. The zero-order chi connectivity index (χ0) is 14.5. The molecular formula is C15H21BrF2N2. The monoisotopic (exact) mass is 346 g/mol. The van der Waals surface area contributed by atoms with Gasteiger partial charge in [0.25, 0.3) is 0 Å². The van der Waals surface area contributed by atoms with Crippen LogP contribution in [0.5, 0.6) is 0 Å². The van der Waals surface area contributed by atoms with Crippen molar-refractivity contribution in [1.82, 2.24) is 10.2 Å². The minimum absolute atomic E-state index is 0.172. The first-order chi connectivity index (χ1) is 9.65. The second-order valence-corrected chi connectivity index (χ2v) is 6.06. The molecule has 112 valence electrons. The Morgan fingerprint density at radius 3 is 2.65 bits per heavy atom. The summed E-state index contributed by atoms with van der Waals surface area (Å²) >= 11 is 3.17. The van der Waals surface area contributed by atoms with Crippen LogP contribution >= 0.6 is 15.9 Å². The second-order valence-electron chi connectivity index (χ2n) is 5.20. The van der Waals surface area contributed by atoms with E-state index in [4.69, 9.17) is 0 Å². The highest BCUT2D eigenvalue weighted by molar-refractivity contribution is 9.10. The zero-order valence-corrected chi connectivity index (χ0v) is 13.3. The van der Waals surface area contributed by atoms with Gasteiger partial charge < -0.3 is 5.32 Å². The maximum atomic E-state index is 14.4. The highest BCUT2D eigenvalue weighted by atomic mass is 79.9. The van der Waals surface area contributed by atoms with Crippen LogP contribution in [0.1, 0.15) is 37.8 Å². The van der Waals surface area contributed by atoms with E-state index in [2.05, 4.69) is 33.1 Å². The highest BCUT2D eigenvalue weighted by Gasteiger charge is 2.27. The number of unbranched alkanes of at least 4 members (excludes halogenated alkanes) is 1. The molecule has 2 rings (SSSR count). The number of hydrogen-bond acceptors (Lipinski definition) is 2. The van der Waals surface area contributed by atoms with Gasteiger partial charge >= 0.3 is 0 Å². The van der Waals surface area contributed by atoms with Gasteiger partial charge in [-0.1, -0.05) is 19.8 Å². The van der Waals surface area contributed by atoms with Crippen molar-refractivity contribution in [2.24, 2.45) is 0 Å². The molecule has 20 heavy (non-hydrogen) atoms. The highest BCUT2D eigenvalue weighted by Crippen LogP contribution is 2.33. The maximum absolute atomic E-state index is 14.4. The average molecular weight is 347 g/mol. The van der Waals surface area contributed by atoms with Crippen molar-refractivity contribution in [2.45, 2.75) is 32.2 Å². The van der Waals surface area contributed by atoms with Crippen molar-refractivity contribution in [3.05, 3.63) is 33.8 Å². The Labute approximate surface area is 127 Å². The predicted octanol–water partition coefficient (Wildman–Crippen LogP) is 3.86. The molecule has 0 bridgehead atoms. The van der Waals surface area contributed by atoms with E-state index >= 15 is 0 Å². The number of rotatable bonds is 5. The molecule has 1 atom stereocenters. The van der Waals surface area contributed by atoms with Gasteiger partial charge in [0.15, 0.2) is 0 Å². The average Bonchev–Trinajstić information content (AvgIpc) is 2.47. The Kier molecular flexibility index (Phi) is 5.93. The maximum Gasteiger partial charge on any atom is 0.145 e. The van der Waals surface area contributed by atoms with E-state index in [9.17, 15) is 8.78 Å². The molecule has 1 saturated heterocycles. The van der Waals surface area contributed by atoms with Crippen molar-refractivity contribution in [2.75, 3.05) is 26.2 Å². The van der Waals surface area contributed by atoms with Crippen molar-refractivity contribution in [3.8, 4) is 0 Å². The van der Waals surface area contributed by atoms with Crippen LogP contribution in [0, 0.1) is 11.6 Å². The summed E-state index contributed by atoms with van der Waals surface area (Å²) in [5, 5.41) is 3.28. The number of nitrogens with one attached hydrogen (secondary N) is 1. The smallest absolute Gasteiger partial charge is 0.145 e. The fourth-order valence-electron chi connectivity index (χ4n) is 2.75. The van der Waals surface area contributed by atoms with Gasteiger partial charge in [0.05, 0.1) is 4.47 Å². The van der Waals surface area contributed by atoms with Crippen molar-refractivity contribution in [3.63, 3.8) is 0 Å². The third kappa shape index (κ3) is 3.57. The molecule has 0 unspecified atom stereocenters. The van der Waals surface area contributed by atoms with Gasteiger partial charge in [-0.05, 0) is 34.5 Å². The minimum atomic E-state index is -0.454. The molecule has 2 nitrogen and oxygen atoms in total. The summed E-state index contributed by atoms with van der Waals surface area (Å²) in [5.74, 6) is -0.894. The summed E-state index contributed by atoms with van der Waals surface area (Å²) in [6, 6.07) is 2.61. The topological polar surface area (TPSA) is 15.3 Å². The third-order valence-corrected chi connectivity index (χ3v) is 4.45. The third-order valence-electron chi connectivity index (χ3n) is 3.84. The Bertz CT molecular complexity index is 448. The molecule has 1 aliphatic heterocycles. The summed E-state index contributed by atoms with van der Waals surface area (Å²) < 4.78 is 28.9. The van der Waals surface area contributed by atoms with Crippen LogP contribution in [-0.2, 0) is 0 Å². The van der Waals surface area contributed by atoms with Gasteiger partial charge in [-0.3, -0.25) is 4.90 Å². The number of nitrogens with zero attached hydrogens (tertiary/aromatic N) is 1. The molecule has 1 heterocycles. The lowest BCUT2D eigenvalue weighted by Crippen LogP contribution is -2.45. The molecule has 1 aliphatic rings. The van der Waals surface area contributed by atoms with Crippen molar-refractivity contribution < 1.29 is 8.78 Å². The van der Waals surface area contributed by atoms with Crippen LogP contribution < -0.4 is 5.32 Å². The van der Waals surface area contributed by atoms with Gasteiger partial charge in [0.1, 0.15) is 11.6 Å². The number of halogens is 3. The van der Waals surface area contributed by atoms with Gasteiger partial charge in [-0.2, -0.15) is 0 Å². The molecule has 1 N–H and O–H groups in total. The SMILES string of the molecule is CCCC[C@@H](c1c(F)ccc(Br)c1F)N1CCNCC1. The van der Waals surface area contributed by atoms with Crippen molar-refractivity contribution in [1.29, 1.82) is 0 Å². The summed E-state index contributed by atoms with van der Waals surface area (Å²) in [6.07, 6.45) is 2.79. The molecule has 0 aromatic heterocycles. The van der Waals surface area contributed by atoms with Crippen LogP contribution in [0.25, 0.3) is 0 Å². The van der Waals surface area contributed by atoms with E-state index in [1.165, 1.54) is 12.1 Å². The Balaban J connectivity index is 2.32. The molecule has 0 amide bonds. The molecular weight excluding hydrogens is 326 g/mol. The molecule has 0 spiro atoms. The fraction of sp³-hybridized carbons (Fsp3) is 0.600. The van der Waals surface area contributed by atoms with Gasteiger partial charge in [-0.25, -0.2) is 8.78 Å². The lowest BCUT2D eigenvalue weighted by Gasteiger charge is -2.35. The summed E-state index contributed by atoms with van der Waals surface area (Å²) in [6.45, 7) is 5.52. The van der Waals surface area contributed by atoms with Crippen LogP contribution in [0.4, 0.5) is 8.78 Å². The van der Waals surface area contributed by atoms with Crippen LogP contribution in [-0.4, -0.2) is 31.1 Å². The van der Waals surface area contributed by atoms with E-state index in [1.54, 1.807) is 0 Å². The summed E-state index contributed by atoms with van der Waals surface area (Å²) in [7, 11) is 0. The minimum Gasteiger partial charge on any atom is -0.314 e. The Morgan fingerprint density at radius 1 is 1.30 bits per heavy atom. The molecule has 1 aromatic carbocycles. The van der Waals surface area contributed by atoms with E-state index in [-0.39, 0.29) is 11.6 Å².